The zero-order valence-electron chi connectivity index (χ0n) is 10.2. The van der Waals surface area contributed by atoms with Gasteiger partial charge in [0.25, 0.3) is 0 Å². The molecular formula is C13H18ClNO2. The summed E-state index contributed by atoms with van der Waals surface area (Å²) in [5.74, 6) is -0.772. The molecule has 0 atom stereocenters. The SMILES string of the molecule is CCCN(CCC(=O)O)c1cccc(Cl)c1C. The summed E-state index contributed by atoms with van der Waals surface area (Å²) in [5, 5.41) is 9.47. The van der Waals surface area contributed by atoms with Gasteiger partial charge in [0.1, 0.15) is 0 Å². The van der Waals surface area contributed by atoms with Crippen LogP contribution in [0.25, 0.3) is 0 Å². The van der Waals surface area contributed by atoms with Crippen molar-refractivity contribution in [3.8, 4) is 0 Å². The van der Waals surface area contributed by atoms with Gasteiger partial charge < -0.3 is 10.0 Å². The summed E-state index contributed by atoms with van der Waals surface area (Å²) in [6.45, 7) is 5.40. The molecule has 3 nitrogen and oxygen atoms in total. The quantitative estimate of drug-likeness (QED) is 0.848. The van der Waals surface area contributed by atoms with E-state index in [-0.39, 0.29) is 6.42 Å². The van der Waals surface area contributed by atoms with E-state index in [0.717, 1.165) is 29.2 Å². The van der Waals surface area contributed by atoms with Crippen LogP contribution < -0.4 is 4.90 Å². The first-order valence-corrected chi connectivity index (χ1v) is 6.16. The highest BCUT2D eigenvalue weighted by molar-refractivity contribution is 6.31. The van der Waals surface area contributed by atoms with Gasteiger partial charge in [0, 0.05) is 23.8 Å². The Balaban J connectivity index is 2.88. The molecule has 1 N–H and O–H groups in total. The molecule has 0 saturated carbocycles. The molecule has 0 radical (unpaired) electrons. The van der Waals surface area contributed by atoms with E-state index in [2.05, 4.69) is 11.8 Å². The van der Waals surface area contributed by atoms with Gasteiger partial charge in [-0.2, -0.15) is 0 Å². The molecule has 4 heteroatoms. The molecule has 1 aromatic carbocycles. The Bertz CT molecular complexity index is 393. The van der Waals surface area contributed by atoms with Crippen molar-refractivity contribution in [1.29, 1.82) is 0 Å². The Morgan fingerprint density at radius 3 is 2.71 bits per heavy atom. The van der Waals surface area contributed by atoms with E-state index in [9.17, 15) is 4.79 Å². The van der Waals surface area contributed by atoms with Crippen LogP contribution in [-0.2, 0) is 4.79 Å². The highest BCUT2D eigenvalue weighted by atomic mass is 35.5. The third-order valence-electron chi connectivity index (χ3n) is 2.67. The zero-order valence-corrected chi connectivity index (χ0v) is 11.0. The standard InChI is InChI=1S/C13H18ClNO2/c1-3-8-15(9-7-13(16)17)12-6-4-5-11(14)10(12)2/h4-6H,3,7-9H2,1-2H3,(H,16,17). The van der Waals surface area contributed by atoms with Gasteiger partial charge in [-0.3, -0.25) is 4.79 Å². The van der Waals surface area contributed by atoms with Crippen molar-refractivity contribution in [1.82, 2.24) is 0 Å². The number of hydrogen-bond donors (Lipinski definition) is 1. The van der Waals surface area contributed by atoms with Crippen molar-refractivity contribution >= 4 is 23.3 Å². The Labute approximate surface area is 107 Å². The molecule has 0 aliphatic heterocycles. The lowest BCUT2D eigenvalue weighted by molar-refractivity contribution is -0.136. The molecule has 0 aliphatic carbocycles. The number of halogens is 1. The van der Waals surface area contributed by atoms with Crippen LogP contribution in [0.2, 0.25) is 5.02 Å². The number of anilines is 1. The molecule has 17 heavy (non-hydrogen) atoms. The van der Waals surface area contributed by atoms with Crippen molar-refractivity contribution in [2.24, 2.45) is 0 Å². The van der Waals surface area contributed by atoms with Crippen molar-refractivity contribution in [2.45, 2.75) is 26.7 Å². The Kier molecular flexibility index (Phi) is 5.29. The van der Waals surface area contributed by atoms with Gasteiger partial charge in [-0.15, -0.1) is 0 Å². The fourth-order valence-corrected chi connectivity index (χ4v) is 1.96. The molecule has 0 aliphatic rings. The number of hydrogen-bond acceptors (Lipinski definition) is 2. The minimum atomic E-state index is -0.772. The first-order valence-electron chi connectivity index (χ1n) is 5.78. The van der Waals surface area contributed by atoms with Gasteiger partial charge in [0.15, 0.2) is 0 Å². The highest BCUT2D eigenvalue weighted by Gasteiger charge is 2.11. The van der Waals surface area contributed by atoms with Crippen LogP contribution >= 0.6 is 11.6 Å². The van der Waals surface area contributed by atoms with E-state index in [1.807, 2.05) is 25.1 Å². The topological polar surface area (TPSA) is 40.5 Å². The molecule has 0 saturated heterocycles. The third kappa shape index (κ3) is 3.93. The van der Waals surface area contributed by atoms with Gasteiger partial charge in [0.2, 0.25) is 0 Å². The molecule has 0 bridgehead atoms. The number of carboxylic acids is 1. The van der Waals surface area contributed by atoms with Crippen LogP contribution in [0.1, 0.15) is 25.3 Å². The summed E-state index contributed by atoms with van der Waals surface area (Å²) in [4.78, 5) is 12.7. The summed E-state index contributed by atoms with van der Waals surface area (Å²) in [6.07, 6.45) is 1.12. The van der Waals surface area contributed by atoms with Gasteiger partial charge >= 0.3 is 5.97 Å². The first kappa shape index (κ1) is 13.8. The van der Waals surface area contributed by atoms with Crippen LogP contribution in [0.15, 0.2) is 18.2 Å². The van der Waals surface area contributed by atoms with Crippen LogP contribution in [0.3, 0.4) is 0 Å². The summed E-state index contributed by atoms with van der Waals surface area (Å²) in [5.41, 5.74) is 2.04. The van der Waals surface area contributed by atoms with Crippen LogP contribution in [0.4, 0.5) is 5.69 Å². The molecule has 0 amide bonds. The van der Waals surface area contributed by atoms with Gasteiger partial charge in [-0.1, -0.05) is 24.6 Å². The second kappa shape index (κ2) is 6.50. The normalized spacial score (nSPS) is 10.3. The Hall–Kier alpha value is -1.22. The van der Waals surface area contributed by atoms with Crippen LogP contribution in [0, 0.1) is 6.92 Å². The average molecular weight is 256 g/mol. The lowest BCUT2D eigenvalue weighted by atomic mass is 10.1. The molecule has 94 valence electrons. The van der Waals surface area contributed by atoms with E-state index < -0.39 is 5.97 Å². The highest BCUT2D eigenvalue weighted by Crippen LogP contribution is 2.26. The summed E-state index contributed by atoms with van der Waals surface area (Å²) in [7, 11) is 0. The molecule has 0 heterocycles. The molecule has 0 fully saturated rings. The monoisotopic (exact) mass is 255 g/mol. The summed E-state index contributed by atoms with van der Waals surface area (Å²) < 4.78 is 0. The minimum absolute atomic E-state index is 0.145. The number of carbonyl (C=O) groups is 1. The number of nitrogens with zero attached hydrogens (tertiary/aromatic N) is 1. The molecule has 0 spiro atoms. The average Bonchev–Trinajstić information content (AvgIpc) is 2.28. The smallest absolute Gasteiger partial charge is 0.305 e. The Morgan fingerprint density at radius 1 is 1.41 bits per heavy atom. The fourth-order valence-electron chi connectivity index (χ4n) is 1.79. The van der Waals surface area contributed by atoms with E-state index in [4.69, 9.17) is 16.7 Å². The number of aliphatic carboxylic acids is 1. The predicted octanol–water partition coefficient (Wildman–Crippen LogP) is 3.34. The second-order valence-corrected chi connectivity index (χ2v) is 4.42. The van der Waals surface area contributed by atoms with Crippen LogP contribution in [0.5, 0.6) is 0 Å². The fraction of sp³-hybridized carbons (Fsp3) is 0.462. The van der Waals surface area contributed by atoms with Crippen molar-refractivity contribution in [3.05, 3.63) is 28.8 Å². The molecule has 1 rings (SSSR count). The Morgan fingerprint density at radius 2 is 2.12 bits per heavy atom. The second-order valence-electron chi connectivity index (χ2n) is 4.01. The lowest BCUT2D eigenvalue weighted by Gasteiger charge is -2.25. The zero-order chi connectivity index (χ0) is 12.8. The molecular weight excluding hydrogens is 238 g/mol. The number of rotatable bonds is 6. The number of benzene rings is 1. The predicted molar refractivity (Wildman–Crippen MR) is 70.9 cm³/mol. The maximum absolute atomic E-state index is 10.6. The van der Waals surface area contributed by atoms with Crippen molar-refractivity contribution in [2.75, 3.05) is 18.0 Å². The first-order chi connectivity index (χ1) is 8.06. The lowest BCUT2D eigenvalue weighted by Crippen LogP contribution is -2.27. The minimum Gasteiger partial charge on any atom is -0.481 e. The van der Waals surface area contributed by atoms with E-state index in [1.165, 1.54) is 0 Å². The number of carboxylic acid groups (broad SMARTS) is 1. The molecule has 1 aromatic rings. The van der Waals surface area contributed by atoms with Crippen LogP contribution in [-0.4, -0.2) is 24.2 Å². The maximum atomic E-state index is 10.6. The van der Waals surface area contributed by atoms with E-state index in [1.54, 1.807) is 0 Å². The van der Waals surface area contributed by atoms with E-state index in [0.29, 0.717) is 6.54 Å². The van der Waals surface area contributed by atoms with Gasteiger partial charge in [0.05, 0.1) is 6.42 Å². The summed E-state index contributed by atoms with van der Waals surface area (Å²) >= 11 is 6.08. The van der Waals surface area contributed by atoms with E-state index >= 15 is 0 Å². The van der Waals surface area contributed by atoms with Gasteiger partial charge in [-0.05, 0) is 31.0 Å². The third-order valence-corrected chi connectivity index (χ3v) is 3.08. The van der Waals surface area contributed by atoms with Crippen molar-refractivity contribution in [3.63, 3.8) is 0 Å². The van der Waals surface area contributed by atoms with Crippen molar-refractivity contribution < 1.29 is 9.90 Å². The maximum Gasteiger partial charge on any atom is 0.305 e. The molecule has 0 aromatic heterocycles. The molecule has 0 unspecified atom stereocenters. The largest absolute Gasteiger partial charge is 0.481 e. The summed E-state index contributed by atoms with van der Waals surface area (Å²) in [6, 6.07) is 5.73. The van der Waals surface area contributed by atoms with Gasteiger partial charge in [-0.25, -0.2) is 0 Å².